The Morgan fingerprint density at radius 3 is 0.619 bits per heavy atom. The van der Waals surface area contributed by atoms with Gasteiger partial charge in [-0.15, -0.1) is 0 Å². The van der Waals surface area contributed by atoms with Gasteiger partial charge in [0.1, 0.15) is 0 Å². The summed E-state index contributed by atoms with van der Waals surface area (Å²) in [6.07, 6.45) is 9.19. The van der Waals surface area contributed by atoms with Crippen LogP contribution in [0.2, 0.25) is 40.2 Å². The van der Waals surface area contributed by atoms with E-state index in [2.05, 4.69) is 197 Å². The van der Waals surface area contributed by atoms with Crippen LogP contribution in [0.15, 0.2) is 170 Å². The van der Waals surface area contributed by atoms with Gasteiger partial charge >= 0.3 is 0 Å². The van der Waals surface area contributed by atoms with Crippen LogP contribution in [0.3, 0.4) is 0 Å². The number of halogens is 8. The van der Waals surface area contributed by atoms with Crippen molar-refractivity contribution in [3.8, 4) is 0 Å². The van der Waals surface area contributed by atoms with Crippen molar-refractivity contribution >= 4 is 92.8 Å². The number of likely N-dealkylation sites (N-methyl/N-ethyl adjacent to an activating group) is 4. The molecule has 0 spiro atoms. The lowest BCUT2D eigenvalue weighted by molar-refractivity contribution is 0.245. The van der Waals surface area contributed by atoms with Crippen LogP contribution >= 0.6 is 92.8 Å². The number of aryl methyl sites for hydroxylation is 4. The minimum atomic E-state index is 0.347. The van der Waals surface area contributed by atoms with Crippen LogP contribution in [0.5, 0.6) is 0 Å². The Hall–Kier alpha value is -4.08. The Morgan fingerprint density at radius 2 is 0.440 bits per heavy atom. The van der Waals surface area contributed by atoms with E-state index in [1.807, 2.05) is 48.5 Å². The molecule has 440 valence electrons. The van der Waals surface area contributed by atoms with Gasteiger partial charge in [0.25, 0.3) is 0 Å². The van der Waals surface area contributed by atoms with Gasteiger partial charge in [-0.05, 0) is 223 Å². The number of rotatable bonds is 8. The van der Waals surface area contributed by atoms with Gasteiger partial charge < -0.3 is 19.6 Å². The zero-order valence-corrected chi connectivity index (χ0v) is 55.3. The maximum atomic E-state index is 6.24. The van der Waals surface area contributed by atoms with Crippen LogP contribution in [0, 0.1) is 0 Å². The smallest absolute Gasteiger partial charge is 0.0595 e. The van der Waals surface area contributed by atoms with Crippen molar-refractivity contribution in [2.75, 3.05) is 56.4 Å². The molecule has 8 aromatic rings. The van der Waals surface area contributed by atoms with E-state index in [9.17, 15) is 0 Å². The zero-order chi connectivity index (χ0) is 59.9. The number of nitrogens with zero attached hydrogens (tertiary/aromatic N) is 4. The summed E-state index contributed by atoms with van der Waals surface area (Å²) in [5.41, 5.74) is 16.5. The maximum Gasteiger partial charge on any atom is 0.0595 e. The van der Waals surface area contributed by atoms with Gasteiger partial charge in [-0.3, -0.25) is 0 Å². The predicted molar refractivity (Wildman–Crippen MR) is 362 cm³/mol. The monoisotopic (exact) mass is 1280 g/mol. The van der Waals surface area contributed by atoms with E-state index in [1.165, 1.54) is 66.8 Å². The molecule has 0 amide bonds. The standard InChI is InChI=1S/4C18H19Cl2N/c4*1-21(2)17-10-8-12-5-3-4-6-14(12)18(17)13-7-9-15(19)16(20)11-13/h4*3-7,9,11,17-18H,8,10H2,1-2H3/t2*17-,18+;2*17-,18-/m1010/s1. The molecule has 8 atom stereocenters. The molecular formula is C72H76Cl8N4. The lowest BCUT2D eigenvalue weighted by atomic mass is 9.75. The molecule has 12 heteroatoms. The minimum Gasteiger partial charge on any atom is -0.305 e. The lowest BCUT2D eigenvalue weighted by Crippen LogP contribution is -2.38. The second kappa shape index (κ2) is 29.3. The van der Waals surface area contributed by atoms with Gasteiger partial charge in [0.2, 0.25) is 0 Å². The van der Waals surface area contributed by atoms with Crippen molar-refractivity contribution in [1.82, 2.24) is 19.6 Å². The first-order valence-corrected chi connectivity index (χ1v) is 32.1. The molecule has 0 saturated carbocycles. The van der Waals surface area contributed by atoms with Crippen molar-refractivity contribution in [3.05, 3.63) is 277 Å². The quantitative estimate of drug-likeness (QED) is 0.150. The number of hydrogen-bond acceptors (Lipinski definition) is 4. The molecule has 4 aliphatic carbocycles. The lowest BCUT2D eigenvalue weighted by Gasteiger charge is -2.38. The molecule has 0 fully saturated rings. The number of hydrogen-bond donors (Lipinski definition) is 0. The fourth-order valence-corrected chi connectivity index (χ4v) is 14.9. The van der Waals surface area contributed by atoms with Gasteiger partial charge in [-0.25, -0.2) is 0 Å². The second-order valence-corrected chi connectivity index (χ2v) is 26.9. The van der Waals surface area contributed by atoms with Crippen molar-refractivity contribution in [3.63, 3.8) is 0 Å². The summed E-state index contributed by atoms with van der Waals surface area (Å²) in [6.45, 7) is 0. The Kier molecular flexibility index (Phi) is 22.4. The van der Waals surface area contributed by atoms with Crippen molar-refractivity contribution in [2.24, 2.45) is 0 Å². The van der Waals surface area contributed by atoms with Crippen molar-refractivity contribution < 1.29 is 0 Å². The molecule has 0 N–H and O–H groups in total. The molecule has 12 rings (SSSR count). The summed E-state index contributed by atoms with van der Waals surface area (Å²) >= 11 is 49.3. The number of fused-ring (bicyclic) bond motifs is 4. The third-order valence-corrected chi connectivity index (χ3v) is 20.8. The highest BCUT2D eigenvalue weighted by Gasteiger charge is 2.36. The summed E-state index contributed by atoms with van der Waals surface area (Å²) in [4.78, 5) is 9.29. The largest absolute Gasteiger partial charge is 0.305 e. The number of benzene rings is 8. The molecule has 0 heterocycles. The van der Waals surface area contributed by atoms with Gasteiger partial charge in [0, 0.05) is 47.8 Å². The highest BCUT2D eigenvalue weighted by molar-refractivity contribution is 6.43. The van der Waals surface area contributed by atoms with E-state index in [4.69, 9.17) is 92.8 Å². The molecule has 0 saturated heterocycles. The normalized spacial score (nSPS) is 21.4. The fourth-order valence-electron chi connectivity index (χ4n) is 13.6. The first kappa shape index (κ1) is 64.4. The molecule has 0 bridgehead atoms. The molecular weight excluding hydrogens is 1200 g/mol. The van der Waals surface area contributed by atoms with Gasteiger partial charge in [-0.1, -0.05) is 214 Å². The predicted octanol–water partition coefficient (Wildman–Crippen LogP) is 20.0. The van der Waals surface area contributed by atoms with E-state index in [-0.39, 0.29) is 0 Å². The van der Waals surface area contributed by atoms with Crippen molar-refractivity contribution in [2.45, 2.75) is 99.2 Å². The van der Waals surface area contributed by atoms with Crippen LogP contribution in [-0.4, -0.2) is 100 Å². The fraction of sp³-hybridized carbons (Fsp3) is 0.333. The third-order valence-electron chi connectivity index (χ3n) is 17.8. The molecule has 0 radical (unpaired) electrons. The van der Waals surface area contributed by atoms with E-state index in [0.717, 1.165) is 51.4 Å². The summed E-state index contributed by atoms with van der Waals surface area (Å²) in [7, 11) is 17.2. The summed E-state index contributed by atoms with van der Waals surface area (Å²) in [5, 5.41) is 5.00. The van der Waals surface area contributed by atoms with Crippen molar-refractivity contribution in [1.29, 1.82) is 0 Å². The summed E-state index contributed by atoms with van der Waals surface area (Å²) in [6, 6.07) is 61.0. The van der Waals surface area contributed by atoms with Gasteiger partial charge in [0.15, 0.2) is 0 Å². The van der Waals surface area contributed by atoms with Crippen LogP contribution in [0.25, 0.3) is 0 Å². The Balaban J connectivity index is 0.000000134. The first-order chi connectivity index (χ1) is 40.3. The molecule has 0 aromatic heterocycles. The van der Waals surface area contributed by atoms with Gasteiger partial charge in [0.05, 0.1) is 40.2 Å². The average molecular weight is 1280 g/mol. The highest BCUT2D eigenvalue weighted by Crippen LogP contribution is 2.45. The van der Waals surface area contributed by atoms with Crippen LogP contribution in [0.4, 0.5) is 0 Å². The highest BCUT2D eigenvalue weighted by atomic mass is 35.5. The Morgan fingerprint density at radius 1 is 0.250 bits per heavy atom. The third kappa shape index (κ3) is 14.9. The molecule has 0 unspecified atom stereocenters. The van der Waals surface area contributed by atoms with E-state index in [1.54, 1.807) is 0 Å². The van der Waals surface area contributed by atoms with E-state index >= 15 is 0 Å². The molecule has 84 heavy (non-hydrogen) atoms. The van der Waals surface area contributed by atoms with Crippen LogP contribution < -0.4 is 0 Å². The topological polar surface area (TPSA) is 13.0 Å². The molecule has 4 aliphatic rings. The Bertz CT molecular complexity index is 3070. The SMILES string of the molecule is CN(C)[C@@H]1CCc2ccccc2[C@@H]1c1ccc(Cl)c(Cl)c1.CN(C)[C@@H]1CCc2ccccc2[C@H]1c1ccc(Cl)c(Cl)c1.CN(C)[C@H]1CCc2ccccc2[C@@H]1c1ccc(Cl)c(Cl)c1.CN(C)[C@H]1CCc2ccccc2[C@H]1c1ccc(Cl)c(Cl)c1. The minimum absolute atomic E-state index is 0.347. The van der Waals surface area contributed by atoms with E-state index in [0.29, 0.717) is 88.0 Å². The van der Waals surface area contributed by atoms with Crippen LogP contribution in [-0.2, 0) is 25.7 Å². The molecule has 4 nitrogen and oxygen atoms in total. The zero-order valence-electron chi connectivity index (χ0n) is 49.3. The molecule has 0 aliphatic heterocycles. The summed E-state index contributed by atoms with van der Waals surface area (Å²) in [5.74, 6) is 1.39. The van der Waals surface area contributed by atoms with E-state index < -0.39 is 0 Å². The summed E-state index contributed by atoms with van der Waals surface area (Å²) < 4.78 is 0. The first-order valence-electron chi connectivity index (χ1n) is 29.1. The van der Waals surface area contributed by atoms with Crippen LogP contribution in [0.1, 0.15) is 116 Å². The molecule has 8 aromatic carbocycles. The maximum absolute atomic E-state index is 6.24. The Labute approximate surface area is 540 Å². The average Bonchev–Trinajstić information content (AvgIpc) is 3.06. The second-order valence-electron chi connectivity index (χ2n) is 23.7. The van der Waals surface area contributed by atoms with Gasteiger partial charge in [-0.2, -0.15) is 0 Å².